The number of aliphatic hydroxyl groups is 3. The Morgan fingerprint density at radius 1 is 0.672 bits per heavy atom. The molecule has 13 nitrogen and oxygen atoms in total. The fourth-order valence-corrected chi connectivity index (χ4v) is 11.6. The average molecular weight is 905 g/mol. The average Bonchev–Trinajstić information content (AvgIpc) is 3.33. The molecule has 0 spiro atoms. The van der Waals surface area contributed by atoms with Crippen LogP contribution in [0.4, 0.5) is 0 Å². The van der Waals surface area contributed by atoms with E-state index in [0.29, 0.717) is 6.54 Å². The normalized spacial score (nSPS) is 28.2. The van der Waals surface area contributed by atoms with Gasteiger partial charge in [0.1, 0.15) is 30.4 Å². The molecule has 5 aliphatic carbocycles. The van der Waals surface area contributed by atoms with Crippen molar-refractivity contribution in [3.63, 3.8) is 0 Å². The van der Waals surface area contributed by atoms with E-state index in [1.165, 1.54) is 123 Å². The van der Waals surface area contributed by atoms with E-state index in [1.54, 1.807) is 58.3 Å². The summed E-state index contributed by atoms with van der Waals surface area (Å²) >= 11 is 0. The van der Waals surface area contributed by atoms with E-state index >= 15 is 0 Å². The van der Waals surface area contributed by atoms with Gasteiger partial charge in [-0.2, -0.15) is 0 Å². The Morgan fingerprint density at radius 2 is 1.12 bits per heavy atom. The van der Waals surface area contributed by atoms with Crippen molar-refractivity contribution < 1.29 is 44.0 Å². The number of nitrogens with one attached hydrogen (secondary N) is 3. The van der Waals surface area contributed by atoms with Crippen molar-refractivity contribution in [2.45, 2.75) is 250 Å². The second-order valence-corrected chi connectivity index (χ2v) is 20.7. The lowest BCUT2D eigenvalue weighted by atomic mass is 9.73. The van der Waals surface area contributed by atoms with E-state index < -0.39 is 73.0 Å². The molecule has 5 saturated carbocycles. The number of ether oxygens (including phenoxy) is 2. The van der Waals surface area contributed by atoms with Crippen LogP contribution < -0.4 is 21.7 Å². The molecule has 0 aromatic rings. The fraction of sp³-hybridized carbons (Fsp3) is 0.922. The molecule has 0 aromatic heterocycles. The molecule has 3 unspecified atom stereocenters. The summed E-state index contributed by atoms with van der Waals surface area (Å²) < 4.78 is 10.8. The van der Waals surface area contributed by atoms with Crippen LogP contribution in [0.25, 0.3) is 0 Å². The van der Waals surface area contributed by atoms with Gasteiger partial charge in [-0.1, -0.05) is 167 Å². The molecule has 1 aliphatic heterocycles. The molecule has 6 fully saturated rings. The van der Waals surface area contributed by atoms with Crippen molar-refractivity contribution in [1.29, 1.82) is 0 Å². The number of rotatable bonds is 17. The predicted octanol–water partition coefficient (Wildman–Crippen LogP) is 7.49. The minimum atomic E-state index is -1.31. The van der Waals surface area contributed by atoms with Crippen LogP contribution in [0.3, 0.4) is 0 Å². The lowest BCUT2D eigenvalue weighted by Crippen LogP contribution is -2.58. The summed E-state index contributed by atoms with van der Waals surface area (Å²) in [6.07, 6.45) is 33.4. The van der Waals surface area contributed by atoms with Gasteiger partial charge in [-0.05, 0) is 62.7 Å². The van der Waals surface area contributed by atoms with Crippen LogP contribution in [-0.2, 0) is 28.7 Å². The first-order valence-corrected chi connectivity index (χ1v) is 26.3. The number of hydrogen-bond donors (Lipinski definition) is 7. The highest BCUT2D eigenvalue weighted by Crippen LogP contribution is 2.39. The zero-order valence-corrected chi connectivity index (χ0v) is 40.3. The number of primary amides is 1. The number of amides is 4. The largest absolute Gasteiger partial charge is 0.394 e. The number of carbonyl (C=O) groups excluding carboxylic acids is 4. The third kappa shape index (κ3) is 19.1. The molecular formula is C51H92N4O9. The lowest BCUT2D eigenvalue weighted by Gasteiger charge is -2.41. The topological polar surface area (TPSA) is 210 Å². The minimum absolute atomic E-state index is 0.00916. The standard InChI is InChI=1S/C27H48N4O9.2C12H22/c1-15-23(22(34)20(14-32)40-27(15)38)39-17(3)26(37)30-16(2)25(36)31-19(24(28)35)11-12-21(33)29-13-7-10-18-8-5-4-6-9-18;2*1-3-7-11(8-4-1)12-9-5-2-6-10-12/h15-20,22-23,27,32,34,38H,4-14H2,1-3H3,(H2,28,35)(H,29,33)(H,30,37)(H,31,36);2*11-12H,1-10H2/t15-,16-,17+,19+,20?,22?,23+,27?;;/m0../s1. The van der Waals surface area contributed by atoms with Gasteiger partial charge in [0, 0.05) is 18.9 Å². The van der Waals surface area contributed by atoms with E-state index in [9.17, 15) is 34.5 Å². The first-order chi connectivity index (χ1) is 30.9. The van der Waals surface area contributed by atoms with E-state index in [-0.39, 0.29) is 18.7 Å². The van der Waals surface area contributed by atoms with Gasteiger partial charge < -0.3 is 46.5 Å². The Morgan fingerprint density at radius 3 is 1.56 bits per heavy atom. The van der Waals surface area contributed by atoms with Crippen LogP contribution in [-0.4, -0.2) is 94.9 Å². The Balaban J connectivity index is 0.000000296. The molecule has 1 saturated heterocycles. The molecule has 13 heteroatoms. The Bertz CT molecular complexity index is 1260. The van der Waals surface area contributed by atoms with Crippen LogP contribution in [0, 0.1) is 35.5 Å². The van der Waals surface area contributed by atoms with Crippen molar-refractivity contribution in [2.75, 3.05) is 13.2 Å². The van der Waals surface area contributed by atoms with Gasteiger partial charge in [-0.3, -0.25) is 19.2 Å². The zero-order chi connectivity index (χ0) is 46.3. The molecule has 6 aliphatic rings. The highest BCUT2D eigenvalue weighted by atomic mass is 16.6. The third-order valence-electron chi connectivity index (χ3n) is 15.8. The SMILES string of the molecule is C1CCC(C2CCCCC2)CC1.C1CCC(C2CCCCC2)CC1.C[C@H](NC(=O)[C@@H](C)O[C@H]1C(O)C(CO)OC(O)[C@H]1C)C(=O)N[C@H](CCC(=O)NCCCC1CCCCC1)C(N)=O. The molecule has 8 N–H and O–H groups in total. The Hall–Kier alpha value is -2.32. The second-order valence-electron chi connectivity index (χ2n) is 20.7. The van der Waals surface area contributed by atoms with Crippen molar-refractivity contribution in [3.05, 3.63) is 0 Å². The molecule has 64 heavy (non-hydrogen) atoms. The maximum absolute atomic E-state index is 12.7. The quantitative estimate of drug-likeness (QED) is 0.0721. The van der Waals surface area contributed by atoms with Crippen molar-refractivity contribution in [1.82, 2.24) is 16.0 Å². The maximum Gasteiger partial charge on any atom is 0.249 e. The summed E-state index contributed by atoms with van der Waals surface area (Å²) in [6, 6.07) is -2.16. The molecule has 0 radical (unpaired) electrons. The smallest absolute Gasteiger partial charge is 0.249 e. The maximum atomic E-state index is 12.7. The van der Waals surface area contributed by atoms with Crippen molar-refractivity contribution >= 4 is 23.6 Å². The van der Waals surface area contributed by atoms with Crippen LogP contribution >= 0.6 is 0 Å². The second kappa shape index (κ2) is 30.1. The predicted molar refractivity (Wildman–Crippen MR) is 251 cm³/mol. The highest BCUT2D eigenvalue weighted by Gasteiger charge is 2.44. The summed E-state index contributed by atoms with van der Waals surface area (Å²) in [5.41, 5.74) is 5.42. The van der Waals surface area contributed by atoms with E-state index in [2.05, 4.69) is 16.0 Å². The van der Waals surface area contributed by atoms with Crippen molar-refractivity contribution in [3.8, 4) is 0 Å². The van der Waals surface area contributed by atoms with Gasteiger partial charge in [0.25, 0.3) is 0 Å². The summed E-state index contributed by atoms with van der Waals surface area (Å²) in [5, 5.41) is 37.5. The number of carbonyl (C=O) groups is 4. The van der Waals surface area contributed by atoms with Crippen LogP contribution in [0.2, 0.25) is 0 Å². The Kier molecular flexibility index (Phi) is 25.6. The molecule has 1 heterocycles. The first-order valence-electron chi connectivity index (χ1n) is 26.3. The van der Waals surface area contributed by atoms with E-state index in [0.717, 1.165) is 42.4 Å². The zero-order valence-electron chi connectivity index (χ0n) is 40.3. The van der Waals surface area contributed by atoms with E-state index in [4.69, 9.17) is 15.2 Å². The van der Waals surface area contributed by atoms with Gasteiger partial charge in [0.05, 0.1) is 12.7 Å². The molecule has 6 rings (SSSR count). The monoisotopic (exact) mass is 905 g/mol. The van der Waals surface area contributed by atoms with Gasteiger partial charge >= 0.3 is 0 Å². The Labute approximate surface area is 386 Å². The minimum Gasteiger partial charge on any atom is -0.394 e. The molecular weight excluding hydrogens is 813 g/mol. The lowest BCUT2D eigenvalue weighted by molar-refractivity contribution is -0.278. The molecule has 0 bridgehead atoms. The summed E-state index contributed by atoms with van der Waals surface area (Å²) in [4.78, 5) is 49.4. The fourth-order valence-electron chi connectivity index (χ4n) is 11.6. The van der Waals surface area contributed by atoms with Crippen molar-refractivity contribution in [2.24, 2.45) is 41.2 Å². The van der Waals surface area contributed by atoms with Crippen LogP contribution in [0.1, 0.15) is 207 Å². The first kappa shape index (κ1) is 54.3. The van der Waals surface area contributed by atoms with Gasteiger partial charge in [0.2, 0.25) is 23.6 Å². The molecule has 0 aromatic carbocycles. The molecule has 4 amide bonds. The van der Waals surface area contributed by atoms with Gasteiger partial charge in [0.15, 0.2) is 6.29 Å². The van der Waals surface area contributed by atoms with Crippen LogP contribution in [0.5, 0.6) is 0 Å². The third-order valence-corrected chi connectivity index (χ3v) is 15.8. The summed E-state index contributed by atoms with van der Waals surface area (Å²) in [7, 11) is 0. The number of hydrogen-bond acceptors (Lipinski definition) is 9. The number of nitrogens with two attached hydrogens (primary N) is 1. The summed E-state index contributed by atoms with van der Waals surface area (Å²) in [5.74, 6) is 2.22. The molecule has 370 valence electrons. The van der Waals surface area contributed by atoms with E-state index in [1.807, 2.05) is 0 Å². The van der Waals surface area contributed by atoms with Gasteiger partial charge in [-0.25, -0.2) is 0 Å². The molecule has 8 atom stereocenters. The van der Waals surface area contributed by atoms with Gasteiger partial charge in [-0.15, -0.1) is 0 Å². The van der Waals surface area contributed by atoms with Crippen LogP contribution in [0.15, 0.2) is 0 Å². The number of aliphatic hydroxyl groups excluding tert-OH is 3. The summed E-state index contributed by atoms with van der Waals surface area (Å²) in [6.45, 7) is 4.40. The highest BCUT2D eigenvalue weighted by molar-refractivity contribution is 5.92.